The Morgan fingerprint density at radius 1 is 0.935 bits per heavy atom. The van der Waals surface area contributed by atoms with Gasteiger partial charge in [-0.05, 0) is 44.8 Å². The van der Waals surface area contributed by atoms with Gasteiger partial charge in [0.15, 0.2) is 6.10 Å². The summed E-state index contributed by atoms with van der Waals surface area (Å²) in [4.78, 5) is 25.4. The van der Waals surface area contributed by atoms with Gasteiger partial charge in [0, 0.05) is 19.1 Å². The van der Waals surface area contributed by atoms with E-state index >= 15 is 0 Å². The molecule has 0 spiro atoms. The maximum atomic E-state index is 13.6. The highest BCUT2D eigenvalue weighted by molar-refractivity contribution is 6.71. The van der Waals surface area contributed by atoms with Crippen molar-refractivity contribution in [3.63, 3.8) is 0 Å². The molecule has 0 bridgehead atoms. The number of rotatable bonds is 6. The van der Waals surface area contributed by atoms with Crippen LogP contribution in [0.5, 0.6) is 17.2 Å². The average molecular weight is 459 g/mol. The Bertz CT molecular complexity index is 976. The summed E-state index contributed by atoms with van der Waals surface area (Å²) in [6.07, 6.45) is -1.85. The molecule has 6 nitrogen and oxygen atoms in total. The molecule has 1 heterocycles. The summed E-state index contributed by atoms with van der Waals surface area (Å²) in [6, 6.07) is 12.8. The second kappa shape index (κ2) is 8.51. The normalized spacial score (nSPS) is 18.6. The molecule has 2 aromatic rings. The Balaban J connectivity index is 2.16. The average Bonchev–Trinajstić information content (AvgIpc) is 2.61. The molecule has 0 saturated heterocycles. The third-order valence-electron chi connectivity index (χ3n) is 4.33. The molecule has 0 aromatic heterocycles. The van der Waals surface area contributed by atoms with Gasteiger partial charge in [0.25, 0.3) is 0 Å². The Morgan fingerprint density at radius 2 is 1.55 bits per heavy atom. The predicted molar refractivity (Wildman–Crippen MR) is 124 cm³/mol. The molecular formula is C23H30O6Si2. The van der Waals surface area contributed by atoms with E-state index in [2.05, 4.69) is 19.6 Å². The lowest BCUT2D eigenvalue weighted by Gasteiger charge is -2.34. The fraction of sp³-hybridized carbons (Fsp3) is 0.391. The third-order valence-corrected chi connectivity index (χ3v) is 6.01. The van der Waals surface area contributed by atoms with Crippen LogP contribution in [0.1, 0.15) is 28.9 Å². The first kappa shape index (κ1) is 23.1. The zero-order chi connectivity index (χ0) is 23.0. The van der Waals surface area contributed by atoms with E-state index in [9.17, 15) is 9.59 Å². The van der Waals surface area contributed by atoms with Crippen molar-refractivity contribution >= 4 is 28.4 Å². The molecule has 31 heavy (non-hydrogen) atoms. The van der Waals surface area contributed by atoms with E-state index in [0.717, 1.165) is 5.56 Å². The largest absolute Gasteiger partial charge is 0.544 e. The summed E-state index contributed by atoms with van der Waals surface area (Å²) < 4.78 is 24.2. The number of Topliss-reactive ketones (excluding diaryl/α,β-unsaturated/α-hetero) is 1. The van der Waals surface area contributed by atoms with Crippen LogP contribution < -0.4 is 13.6 Å². The van der Waals surface area contributed by atoms with Gasteiger partial charge in [0.1, 0.15) is 22.8 Å². The summed E-state index contributed by atoms with van der Waals surface area (Å²) in [6.45, 7) is 13.7. The number of ketones is 1. The molecule has 0 fully saturated rings. The maximum absolute atomic E-state index is 13.6. The van der Waals surface area contributed by atoms with Crippen molar-refractivity contribution in [2.75, 3.05) is 0 Å². The van der Waals surface area contributed by atoms with Crippen LogP contribution in [-0.4, -0.2) is 34.5 Å². The topological polar surface area (TPSA) is 71.1 Å². The quantitative estimate of drug-likeness (QED) is 0.428. The highest BCUT2D eigenvalue weighted by Gasteiger charge is 2.43. The first-order valence-electron chi connectivity index (χ1n) is 10.3. The molecule has 0 radical (unpaired) electrons. The van der Waals surface area contributed by atoms with E-state index in [-0.39, 0.29) is 5.78 Å². The molecule has 0 aliphatic carbocycles. The number of esters is 1. The van der Waals surface area contributed by atoms with Gasteiger partial charge in [0.2, 0.25) is 28.5 Å². The van der Waals surface area contributed by atoms with Gasteiger partial charge >= 0.3 is 5.97 Å². The summed E-state index contributed by atoms with van der Waals surface area (Å²) in [5, 5.41) is 0. The van der Waals surface area contributed by atoms with Gasteiger partial charge in [0.05, 0.1) is 0 Å². The predicted octanol–water partition coefficient (Wildman–Crippen LogP) is 5.36. The minimum atomic E-state index is -2.06. The number of hydrogen-bond donors (Lipinski definition) is 0. The minimum Gasteiger partial charge on any atom is -0.544 e. The first-order chi connectivity index (χ1) is 14.3. The zero-order valence-electron chi connectivity index (χ0n) is 19.1. The van der Waals surface area contributed by atoms with Gasteiger partial charge in [-0.25, -0.2) is 0 Å². The summed E-state index contributed by atoms with van der Waals surface area (Å²) >= 11 is 0. The summed E-state index contributed by atoms with van der Waals surface area (Å²) in [5.74, 6) is 0.525. The van der Waals surface area contributed by atoms with Crippen molar-refractivity contribution in [1.82, 2.24) is 0 Å². The van der Waals surface area contributed by atoms with Crippen LogP contribution >= 0.6 is 0 Å². The SMILES string of the molecule is CC(=O)O[C@H]1C(=O)c2c(cc(O[Si](C)(C)C)cc2O[Si](C)(C)C)O[C@@H]1c1ccccc1. The van der Waals surface area contributed by atoms with Crippen molar-refractivity contribution in [2.24, 2.45) is 0 Å². The van der Waals surface area contributed by atoms with Crippen LogP contribution in [-0.2, 0) is 9.53 Å². The lowest BCUT2D eigenvalue weighted by molar-refractivity contribution is -0.148. The van der Waals surface area contributed by atoms with Crippen molar-refractivity contribution < 1.29 is 27.9 Å². The molecule has 0 N–H and O–H groups in total. The maximum Gasteiger partial charge on any atom is 0.303 e. The van der Waals surface area contributed by atoms with Crippen molar-refractivity contribution in [1.29, 1.82) is 0 Å². The smallest absolute Gasteiger partial charge is 0.303 e. The highest BCUT2D eigenvalue weighted by atomic mass is 28.4. The molecule has 166 valence electrons. The van der Waals surface area contributed by atoms with Gasteiger partial charge < -0.3 is 18.3 Å². The van der Waals surface area contributed by atoms with E-state index in [1.165, 1.54) is 6.92 Å². The molecular weight excluding hydrogens is 428 g/mol. The van der Waals surface area contributed by atoms with Crippen LogP contribution in [0.15, 0.2) is 42.5 Å². The van der Waals surface area contributed by atoms with Gasteiger partial charge in [-0.3, -0.25) is 9.59 Å². The van der Waals surface area contributed by atoms with Gasteiger partial charge in [-0.15, -0.1) is 0 Å². The lowest BCUT2D eigenvalue weighted by Crippen LogP contribution is -2.40. The van der Waals surface area contributed by atoms with E-state index in [1.54, 1.807) is 12.1 Å². The molecule has 3 rings (SSSR count). The molecule has 2 aromatic carbocycles. The molecule has 2 atom stereocenters. The molecule has 0 unspecified atom stereocenters. The fourth-order valence-corrected chi connectivity index (χ4v) is 5.03. The second-order valence-electron chi connectivity index (χ2n) is 9.57. The number of carbonyl (C=O) groups is 2. The third kappa shape index (κ3) is 5.77. The summed E-state index contributed by atoms with van der Waals surface area (Å²) in [7, 11) is -3.98. The van der Waals surface area contributed by atoms with Crippen LogP contribution in [0.3, 0.4) is 0 Å². The molecule has 8 heteroatoms. The van der Waals surface area contributed by atoms with E-state index in [0.29, 0.717) is 22.8 Å². The summed E-state index contributed by atoms with van der Waals surface area (Å²) in [5.41, 5.74) is 1.04. The zero-order valence-corrected chi connectivity index (χ0v) is 21.1. The Morgan fingerprint density at radius 3 is 2.10 bits per heavy atom. The van der Waals surface area contributed by atoms with Crippen LogP contribution in [0, 0.1) is 0 Å². The van der Waals surface area contributed by atoms with Crippen LogP contribution in [0.2, 0.25) is 39.3 Å². The minimum absolute atomic E-state index is 0.295. The molecule has 1 aliphatic rings. The van der Waals surface area contributed by atoms with E-state index in [4.69, 9.17) is 18.3 Å². The number of fused-ring (bicyclic) bond motifs is 1. The number of benzene rings is 2. The monoisotopic (exact) mass is 458 g/mol. The van der Waals surface area contributed by atoms with Crippen LogP contribution in [0.25, 0.3) is 0 Å². The molecule has 0 saturated carbocycles. The number of hydrogen-bond acceptors (Lipinski definition) is 6. The highest BCUT2D eigenvalue weighted by Crippen LogP contribution is 2.44. The lowest BCUT2D eigenvalue weighted by atomic mass is 9.92. The van der Waals surface area contributed by atoms with Crippen molar-refractivity contribution in [2.45, 2.75) is 58.4 Å². The fourth-order valence-electron chi connectivity index (χ4n) is 3.38. The molecule has 0 amide bonds. The second-order valence-corrected chi connectivity index (χ2v) is 18.4. The van der Waals surface area contributed by atoms with Crippen molar-refractivity contribution in [3.05, 3.63) is 53.6 Å². The van der Waals surface area contributed by atoms with E-state index in [1.807, 2.05) is 50.0 Å². The molecule has 1 aliphatic heterocycles. The van der Waals surface area contributed by atoms with E-state index < -0.39 is 34.8 Å². The Hall–Kier alpha value is -2.59. The Kier molecular flexibility index (Phi) is 6.34. The van der Waals surface area contributed by atoms with Crippen molar-refractivity contribution in [3.8, 4) is 17.2 Å². The number of carbonyl (C=O) groups excluding carboxylic acids is 2. The number of ether oxygens (including phenoxy) is 2. The van der Waals surface area contributed by atoms with Crippen LogP contribution in [0.4, 0.5) is 0 Å². The standard InChI is InChI=1S/C23H30O6Si2/c1-15(24)26-23-21(25)20-18(27-22(23)16-11-9-8-10-12-16)13-17(28-30(2,3)4)14-19(20)29-31(5,6)7/h8-14,22-23H,1-7H3/t22-,23+/m1/s1. The Labute approximate surface area is 185 Å². The van der Waals surface area contributed by atoms with Gasteiger partial charge in [-0.2, -0.15) is 0 Å². The van der Waals surface area contributed by atoms with Gasteiger partial charge in [-0.1, -0.05) is 30.3 Å². The first-order valence-corrected chi connectivity index (χ1v) is 17.1.